The van der Waals surface area contributed by atoms with Crippen molar-refractivity contribution in [1.29, 1.82) is 0 Å². The van der Waals surface area contributed by atoms with E-state index in [1.165, 1.54) is 0 Å². The number of nitro groups is 1. The average Bonchev–Trinajstić information content (AvgIpc) is 3.00. The van der Waals surface area contributed by atoms with Crippen molar-refractivity contribution in [3.63, 3.8) is 0 Å². The molecule has 0 radical (unpaired) electrons. The van der Waals surface area contributed by atoms with Gasteiger partial charge in [-0.3, -0.25) is 10.1 Å². The number of esters is 1. The molecule has 0 unspecified atom stereocenters. The minimum atomic E-state index is -0.689. The second-order valence-electron chi connectivity index (χ2n) is 5.97. The summed E-state index contributed by atoms with van der Waals surface area (Å²) in [5.74, 6) is -0.689. The van der Waals surface area contributed by atoms with Gasteiger partial charge in [0, 0.05) is 11.6 Å². The summed E-state index contributed by atoms with van der Waals surface area (Å²) >= 11 is 6.50. The largest absolute Gasteiger partial charge is 0.462 e. The first-order valence-corrected chi connectivity index (χ1v) is 9.10. The van der Waals surface area contributed by atoms with Crippen LogP contribution in [-0.4, -0.2) is 32.3 Å². The number of ether oxygens (including phenoxy) is 1. The fraction of sp³-hybridized carbons (Fsp3) is 0.150. The van der Waals surface area contributed by atoms with Gasteiger partial charge in [0.05, 0.1) is 34.2 Å². The number of para-hydroxylation sites is 1. The maximum Gasteiger partial charge on any atom is 0.340 e. The first-order chi connectivity index (χ1) is 13.9. The molecule has 0 amide bonds. The van der Waals surface area contributed by atoms with Gasteiger partial charge in [-0.2, -0.15) is 5.10 Å². The summed E-state index contributed by atoms with van der Waals surface area (Å²) in [6, 6.07) is 10.6. The smallest absolute Gasteiger partial charge is 0.340 e. The van der Waals surface area contributed by atoms with Gasteiger partial charge in [0.1, 0.15) is 11.3 Å². The Labute approximate surface area is 171 Å². The van der Waals surface area contributed by atoms with E-state index in [1.807, 2.05) is 30.3 Å². The van der Waals surface area contributed by atoms with Crippen molar-refractivity contribution in [2.75, 3.05) is 6.61 Å². The van der Waals surface area contributed by atoms with Crippen LogP contribution in [0.4, 0.5) is 5.69 Å². The minimum Gasteiger partial charge on any atom is -0.462 e. The molecule has 0 bridgehead atoms. The molecule has 29 heavy (non-hydrogen) atoms. The molecule has 0 aliphatic heterocycles. The summed E-state index contributed by atoms with van der Waals surface area (Å²) in [7, 11) is 0. The molecule has 3 aromatic rings. The second-order valence-corrected chi connectivity index (χ2v) is 6.33. The molecule has 0 saturated carbocycles. The number of rotatable bonds is 6. The zero-order valence-corrected chi connectivity index (χ0v) is 16.5. The van der Waals surface area contributed by atoms with Gasteiger partial charge in [0.15, 0.2) is 0 Å². The highest BCUT2D eigenvalue weighted by Gasteiger charge is 2.18. The fourth-order valence-corrected chi connectivity index (χ4v) is 3.01. The number of aromatic nitrogens is 3. The number of hydrogen-bond acceptors (Lipinski definition) is 6. The van der Waals surface area contributed by atoms with E-state index in [0.29, 0.717) is 16.4 Å². The van der Waals surface area contributed by atoms with Crippen molar-refractivity contribution in [2.45, 2.75) is 13.8 Å². The van der Waals surface area contributed by atoms with E-state index in [4.69, 9.17) is 16.3 Å². The molecule has 148 valence electrons. The number of aryl methyl sites for hydroxylation is 1. The normalized spacial score (nSPS) is 11.0. The molecule has 0 N–H and O–H groups in total. The van der Waals surface area contributed by atoms with Gasteiger partial charge >= 0.3 is 5.97 Å². The van der Waals surface area contributed by atoms with Crippen molar-refractivity contribution < 1.29 is 14.5 Å². The van der Waals surface area contributed by atoms with Crippen LogP contribution in [0.5, 0.6) is 0 Å². The van der Waals surface area contributed by atoms with Crippen molar-refractivity contribution in [1.82, 2.24) is 14.8 Å². The summed E-state index contributed by atoms with van der Waals surface area (Å²) in [6.07, 6.45) is 4.31. The van der Waals surface area contributed by atoms with Crippen LogP contribution in [0.2, 0.25) is 5.15 Å². The van der Waals surface area contributed by atoms with Crippen LogP contribution in [0, 0.1) is 17.0 Å². The van der Waals surface area contributed by atoms with E-state index in [9.17, 15) is 14.9 Å². The second kappa shape index (κ2) is 8.66. The van der Waals surface area contributed by atoms with Crippen LogP contribution in [0.3, 0.4) is 0 Å². The fourth-order valence-electron chi connectivity index (χ4n) is 2.67. The lowest BCUT2D eigenvalue weighted by Gasteiger charge is -2.05. The number of pyridine rings is 1. The predicted octanol–water partition coefficient (Wildman–Crippen LogP) is 4.48. The van der Waals surface area contributed by atoms with Crippen LogP contribution < -0.4 is 0 Å². The van der Waals surface area contributed by atoms with Crippen LogP contribution in [0.15, 0.2) is 42.6 Å². The molecule has 0 atom stereocenters. The molecule has 0 aliphatic rings. The molecule has 0 fully saturated rings. The number of halogens is 1. The Balaban J connectivity index is 2.01. The lowest BCUT2D eigenvalue weighted by molar-refractivity contribution is -0.385. The van der Waals surface area contributed by atoms with Crippen LogP contribution >= 0.6 is 11.6 Å². The van der Waals surface area contributed by atoms with E-state index >= 15 is 0 Å². The molecular weight excluding hydrogens is 396 g/mol. The Bertz CT molecular complexity index is 1090. The third kappa shape index (κ3) is 4.33. The summed E-state index contributed by atoms with van der Waals surface area (Å²) < 4.78 is 6.59. The van der Waals surface area contributed by atoms with Crippen molar-refractivity contribution in [3.8, 4) is 5.69 Å². The van der Waals surface area contributed by atoms with Gasteiger partial charge in [-0.25, -0.2) is 14.5 Å². The molecule has 2 heterocycles. The first kappa shape index (κ1) is 20.2. The lowest BCUT2D eigenvalue weighted by atomic mass is 10.1. The van der Waals surface area contributed by atoms with E-state index in [-0.39, 0.29) is 23.6 Å². The number of hydrogen-bond donors (Lipinski definition) is 0. The number of carbonyl (C=O) groups is 1. The molecule has 3 rings (SSSR count). The highest BCUT2D eigenvalue weighted by atomic mass is 35.5. The predicted molar refractivity (Wildman–Crippen MR) is 109 cm³/mol. The Kier molecular flexibility index (Phi) is 6.04. The quantitative estimate of drug-likeness (QED) is 0.336. The average molecular weight is 413 g/mol. The summed E-state index contributed by atoms with van der Waals surface area (Å²) in [5, 5.41) is 15.9. The minimum absolute atomic E-state index is 0.00141. The van der Waals surface area contributed by atoms with Gasteiger partial charge in [0.2, 0.25) is 0 Å². The highest BCUT2D eigenvalue weighted by molar-refractivity contribution is 6.31. The van der Waals surface area contributed by atoms with Gasteiger partial charge in [-0.15, -0.1) is 0 Å². The monoisotopic (exact) mass is 412 g/mol. The van der Waals surface area contributed by atoms with Gasteiger partial charge < -0.3 is 4.74 Å². The number of benzene rings is 1. The lowest BCUT2D eigenvalue weighted by Crippen LogP contribution is -2.08. The Morgan fingerprint density at radius 2 is 2.03 bits per heavy atom. The number of nitrogens with zero attached hydrogens (tertiary/aromatic N) is 4. The maximum atomic E-state index is 12.2. The van der Waals surface area contributed by atoms with Gasteiger partial charge in [-0.05, 0) is 38.1 Å². The Morgan fingerprint density at radius 1 is 1.31 bits per heavy atom. The van der Waals surface area contributed by atoms with Crippen molar-refractivity contribution >= 4 is 35.4 Å². The molecule has 1 aromatic carbocycles. The number of carbonyl (C=O) groups excluding carboxylic acids is 1. The van der Waals surface area contributed by atoms with Gasteiger partial charge in [0.25, 0.3) is 5.69 Å². The molecule has 2 aromatic heterocycles. The van der Waals surface area contributed by atoms with E-state index < -0.39 is 10.9 Å². The van der Waals surface area contributed by atoms with E-state index in [1.54, 1.807) is 30.7 Å². The van der Waals surface area contributed by atoms with Crippen LogP contribution in [0.1, 0.15) is 34.2 Å². The molecule has 0 saturated heterocycles. The molecular formula is C20H17ClN4O4. The Morgan fingerprint density at radius 3 is 2.69 bits per heavy atom. The van der Waals surface area contributed by atoms with Crippen molar-refractivity contribution in [3.05, 3.63) is 80.4 Å². The summed E-state index contributed by atoms with van der Waals surface area (Å²) in [5.41, 5.74) is 2.07. The van der Waals surface area contributed by atoms with E-state index in [0.717, 1.165) is 18.0 Å². The molecule has 8 nitrogen and oxygen atoms in total. The summed E-state index contributed by atoms with van der Waals surface area (Å²) in [6.45, 7) is 3.60. The Hall–Kier alpha value is -3.52. The topological polar surface area (TPSA) is 100 Å². The van der Waals surface area contributed by atoms with E-state index in [2.05, 4.69) is 10.1 Å². The van der Waals surface area contributed by atoms with Gasteiger partial charge in [-0.1, -0.05) is 29.8 Å². The molecule has 0 aliphatic carbocycles. The van der Waals surface area contributed by atoms with Crippen molar-refractivity contribution in [2.24, 2.45) is 0 Å². The molecule has 0 spiro atoms. The third-order valence-electron chi connectivity index (χ3n) is 4.07. The van der Waals surface area contributed by atoms with Crippen LogP contribution in [-0.2, 0) is 4.74 Å². The van der Waals surface area contributed by atoms with Crippen LogP contribution in [0.25, 0.3) is 17.8 Å². The molecule has 9 heteroatoms. The first-order valence-electron chi connectivity index (χ1n) is 8.72. The highest BCUT2D eigenvalue weighted by Crippen LogP contribution is 2.26. The summed E-state index contributed by atoms with van der Waals surface area (Å²) in [4.78, 5) is 26.7. The third-order valence-corrected chi connectivity index (χ3v) is 4.43. The zero-order valence-electron chi connectivity index (χ0n) is 15.7. The standard InChI is InChI=1S/C20H17ClN4O4/c1-3-29-20(26)17-11-15(25(27)28)12-22-18(17)10-9-16-13(2)23-24(19(16)21)14-7-5-4-6-8-14/h4-12H,3H2,1-2H3/b10-9-. The SMILES string of the molecule is CCOC(=O)c1cc([N+](=O)[O-])cnc1/C=C\c1c(C)nn(-c2ccccc2)c1Cl. The zero-order chi connectivity index (χ0) is 21.0. The maximum absolute atomic E-state index is 12.2.